The van der Waals surface area contributed by atoms with E-state index in [0.717, 1.165) is 49.9 Å². The third kappa shape index (κ3) is 5.47. The lowest BCUT2D eigenvalue weighted by Crippen LogP contribution is -2.69. The summed E-state index contributed by atoms with van der Waals surface area (Å²) in [7, 11) is 0. The number of nitrogens with two attached hydrogens (primary N) is 1. The van der Waals surface area contributed by atoms with E-state index >= 15 is 0 Å². The quantitative estimate of drug-likeness (QED) is 0.259. The average Bonchev–Trinajstić information content (AvgIpc) is 3.57. The van der Waals surface area contributed by atoms with E-state index in [-0.39, 0.29) is 50.6 Å². The fourth-order valence-corrected chi connectivity index (χ4v) is 12.8. The van der Waals surface area contributed by atoms with Crippen LogP contribution in [0.15, 0.2) is 42.5 Å². The van der Waals surface area contributed by atoms with Crippen LogP contribution in [0.2, 0.25) is 0 Å². The Balaban J connectivity index is 1.35. The second-order valence-corrected chi connectivity index (χ2v) is 20.8. The normalized spacial score (nSPS) is 41.4. The van der Waals surface area contributed by atoms with Gasteiger partial charge >= 0.3 is 5.97 Å². The van der Waals surface area contributed by atoms with Gasteiger partial charge in [0.1, 0.15) is 6.33 Å². The number of nitrogens with zero attached hydrogens (tertiary/aromatic N) is 4. The maximum absolute atomic E-state index is 13.6. The maximum Gasteiger partial charge on any atom is 0.307 e. The molecule has 3 saturated carbocycles. The van der Waals surface area contributed by atoms with Crippen LogP contribution in [0.1, 0.15) is 121 Å². The van der Waals surface area contributed by atoms with E-state index in [2.05, 4.69) is 91.9 Å². The molecule has 9 nitrogen and oxygen atoms in total. The van der Waals surface area contributed by atoms with Crippen LogP contribution in [0.3, 0.4) is 0 Å². The number of aliphatic carboxylic acids is 1. The van der Waals surface area contributed by atoms with E-state index in [0.29, 0.717) is 37.6 Å². The van der Waals surface area contributed by atoms with Crippen molar-refractivity contribution in [2.45, 2.75) is 132 Å². The minimum atomic E-state index is -0.625. The summed E-state index contributed by atoms with van der Waals surface area (Å²) >= 11 is 0. The first kappa shape index (κ1) is 38.6. The predicted octanol–water partition coefficient (Wildman–Crippen LogP) is 8.62. The number of allylic oxidation sites excluding steroid dienone is 1. The lowest BCUT2D eigenvalue weighted by molar-refractivity contribution is -0.253. The van der Waals surface area contributed by atoms with Crippen LogP contribution in [0.5, 0.6) is 0 Å². The highest BCUT2D eigenvalue weighted by molar-refractivity contribution is 5.73. The fourth-order valence-electron chi connectivity index (χ4n) is 12.8. The number of carbonyl (C=O) groups is 1. The van der Waals surface area contributed by atoms with Gasteiger partial charge in [0.05, 0.1) is 37.9 Å². The highest BCUT2D eigenvalue weighted by Gasteiger charge is 2.72. The van der Waals surface area contributed by atoms with Crippen LogP contribution < -0.4 is 5.73 Å². The van der Waals surface area contributed by atoms with Crippen molar-refractivity contribution in [1.29, 1.82) is 0 Å². The summed E-state index contributed by atoms with van der Waals surface area (Å²) < 4.78 is 16.1. The van der Waals surface area contributed by atoms with Gasteiger partial charge in [0.15, 0.2) is 5.82 Å². The standard InChI is InChI=1S/C44H67N5O4/c1-27(2)28(3)39(7)18-19-41(9)30-12-13-33-40(8)23-52-25-44(33,31(30)14-17-42(41,10)34(39)37(50)51)22-32(35(40)53-24-43(11,45)38(4,5)6)49-36(47-26-48-49)29-15-20-46-21-16-29/h14-16,20-21,26-28,30,32-35H,12-13,17-19,22-25,45H2,1-11H3,(H,50,51)/t28?,30-,32+,33-,34+,35-,39+,40+,41+,42-,43?,44-/m0/s1. The summed E-state index contributed by atoms with van der Waals surface area (Å²) in [5.41, 5.74) is 7.43. The molecular weight excluding hydrogens is 663 g/mol. The molecule has 2 unspecified atom stereocenters. The Hall–Kier alpha value is -2.62. The molecule has 1 saturated heterocycles. The number of hydrogen-bond acceptors (Lipinski definition) is 7. The molecule has 9 heteroatoms. The number of pyridine rings is 1. The largest absolute Gasteiger partial charge is 0.481 e. The van der Waals surface area contributed by atoms with E-state index < -0.39 is 17.4 Å². The van der Waals surface area contributed by atoms with Crippen molar-refractivity contribution < 1.29 is 19.4 Å². The van der Waals surface area contributed by atoms with Gasteiger partial charge in [-0.1, -0.05) is 80.9 Å². The van der Waals surface area contributed by atoms with Crippen molar-refractivity contribution in [3.63, 3.8) is 0 Å². The number of fused-ring (bicyclic) bond motifs is 3. The molecule has 2 aromatic heterocycles. The number of rotatable bonds is 8. The molecule has 7 rings (SSSR count). The van der Waals surface area contributed by atoms with E-state index in [1.165, 1.54) is 5.57 Å². The fraction of sp³-hybridized carbons (Fsp3) is 0.773. The van der Waals surface area contributed by atoms with Crippen LogP contribution >= 0.6 is 0 Å². The van der Waals surface area contributed by atoms with E-state index in [1.807, 2.05) is 24.5 Å². The molecule has 2 aromatic rings. The molecule has 0 radical (unpaired) electrons. The zero-order chi connectivity index (χ0) is 38.6. The predicted molar refractivity (Wildman–Crippen MR) is 208 cm³/mol. The molecule has 2 bridgehead atoms. The van der Waals surface area contributed by atoms with Crippen LogP contribution in [0.25, 0.3) is 11.4 Å². The van der Waals surface area contributed by atoms with Gasteiger partial charge in [0, 0.05) is 34.3 Å². The minimum absolute atomic E-state index is 0.115. The van der Waals surface area contributed by atoms with Gasteiger partial charge in [-0.3, -0.25) is 9.78 Å². The molecular formula is C44H67N5O4. The summed E-state index contributed by atoms with van der Waals surface area (Å²) in [5.74, 6) is 1.12. The molecule has 12 atom stereocenters. The van der Waals surface area contributed by atoms with Crippen LogP contribution in [-0.2, 0) is 14.3 Å². The van der Waals surface area contributed by atoms with Crippen molar-refractivity contribution in [2.75, 3.05) is 19.8 Å². The lowest BCUT2D eigenvalue weighted by atomic mass is 9.34. The Morgan fingerprint density at radius 2 is 1.75 bits per heavy atom. The van der Waals surface area contributed by atoms with Gasteiger partial charge in [0.25, 0.3) is 0 Å². The van der Waals surface area contributed by atoms with E-state index in [9.17, 15) is 9.90 Å². The third-order valence-electron chi connectivity index (χ3n) is 17.2. The zero-order valence-electron chi connectivity index (χ0n) is 34.4. The molecule has 5 aliphatic rings. The van der Waals surface area contributed by atoms with Gasteiger partial charge in [0.2, 0.25) is 0 Å². The highest BCUT2D eigenvalue weighted by Crippen LogP contribution is 2.75. The van der Waals surface area contributed by atoms with Crippen molar-refractivity contribution in [3.05, 3.63) is 42.5 Å². The number of hydrogen-bond donors (Lipinski definition) is 2. The first-order valence-corrected chi connectivity index (χ1v) is 20.4. The topological polar surface area (TPSA) is 125 Å². The summed E-state index contributed by atoms with van der Waals surface area (Å²) in [6.07, 6.45) is 13.3. The Morgan fingerprint density at radius 1 is 1.06 bits per heavy atom. The van der Waals surface area contributed by atoms with Crippen molar-refractivity contribution >= 4 is 5.97 Å². The molecule has 0 amide bonds. The monoisotopic (exact) mass is 730 g/mol. The zero-order valence-corrected chi connectivity index (χ0v) is 34.4. The van der Waals surface area contributed by atoms with Gasteiger partial charge in [-0.2, -0.15) is 5.10 Å². The van der Waals surface area contributed by atoms with Gasteiger partial charge in [-0.05, 0) is 103 Å². The number of aromatic nitrogens is 4. The summed E-state index contributed by atoms with van der Waals surface area (Å²) in [4.78, 5) is 22.7. The van der Waals surface area contributed by atoms with Crippen LogP contribution in [-0.4, -0.2) is 62.3 Å². The summed E-state index contributed by atoms with van der Waals surface area (Å²) in [5, 5.41) is 16.1. The minimum Gasteiger partial charge on any atom is -0.481 e. The second-order valence-electron chi connectivity index (χ2n) is 20.8. The molecule has 3 N–H and O–H groups in total. The lowest BCUT2D eigenvalue weighted by Gasteiger charge is -2.71. The van der Waals surface area contributed by atoms with Crippen LogP contribution in [0.4, 0.5) is 0 Å². The van der Waals surface area contributed by atoms with Gasteiger partial charge < -0.3 is 20.3 Å². The second kappa shape index (κ2) is 12.7. The van der Waals surface area contributed by atoms with Gasteiger partial charge in [-0.15, -0.1) is 0 Å². The first-order valence-electron chi connectivity index (χ1n) is 20.4. The number of ether oxygens (including phenoxy) is 2. The molecule has 0 aromatic carbocycles. The molecule has 3 heterocycles. The smallest absolute Gasteiger partial charge is 0.307 e. The van der Waals surface area contributed by atoms with E-state index in [1.54, 1.807) is 6.33 Å². The first-order chi connectivity index (χ1) is 24.7. The van der Waals surface area contributed by atoms with Gasteiger partial charge in [-0.25, -0.2) is 9.67 Å². The molecule has 0 spiro atoms. The number of carboxylic acid groups (broad SMARTS) is 1. The molecule has 4 aliphatic carbocycles. The maximum atomic E-state index is 13.6. The van der Waals surface area contributed by atoms with Crippen molar-refractivity contribution in [3.8, 4) is 11.4 Å². The average molecular weight is 730 g/mol. The molecule has 53 heavy (non-hydrogen) atoms. The Bertz CT molecular complexity index is 1730. The molecule has 292 valence electrons. The van der Waals surface area contributed by atoms with Crippen molar-refractivity contribution in [1.82, 2.24) is 19.7 Å². The van der Waals surface area contributed by atoms with Crippen molar-refractivity contribution in [2.24, 2.45) is 67.8 Å². The Labute approximate surface area is 318 Å². The summed E-state index contributed by atoms with van der Waals surface area (Å²) in [6.45, 7) is 26.6. The van der Waals surface area contributed by atoms with E-state index in [4.69, 9.17) is 25.3 Å². The molecule has 1 aliphatic heterocycles. The summed E-state index contributed by atoms with van der Waals surface area (Å²) in [6, 6.07) is 3.89. The van der Waals surface area contributed by atoms with Crippen LogP contribution in [0, 0.1) is 62.1 Å². The Morgan fingerprint density at radius 3 is 2.40 bits per heavy atom. The third-order valence-corrected chi connectivity index (χ3v) is 17.2. The highest BCUT2D eigenvalue weighted by atomic mass is 16.5. The Kier molecular flexibility index (Phi) is 9.26. The molecule has 4 fully saturated rings. The number of carboxylic acids is 1. The SMILES string of the molecule is CC(C)C(C)[C@@]1(C)CC[C@]2(C)[C@H]3CC[C@@H]4[C@@]5(COC[C@@]4(C)[C@@H](OCC(C)(N)C(C)(C)C)[C@H](n4ncnc4-c4ccncc4)C5)C3=CC[C@@]2(C)[C@@H]1C(=O)O.